The number of halogens is 1. The lowest BCUT2D eigenvalue weighted by molar-refractivity contribution is 1.14. The summed E-state index contributed by atoms with van der Waals surface area (Å²) in [5.41, 5.74) is 1.01. The molecular formula is C14H10BrN3. The number of benzene rings is 2. The molecule has 0 saturated heterocycles. The van der Waals surface area contributed by atoms with Crippen molar-refractivity contribution in [3.63, 3.8) is 0 Å². The van der Waals surface area contributed by atoms with Crippen LogP contribution in [0.15, 0.2) is 59.5 Å². The highest BCUT2D eigenvalue weighted by atomic mass is 79.9. The molecule has 0 radical (unpaired) electrons. The molecule has 0 atom stereocenters. The Morgan fingerprint density at radius 3 is 2.56 bits per heavy atom. The van der Waals surface area contributed by atoms with E-state index in [4.69, 9.17) is 0 Å². The first-order valence-electron chi connectivity index (χ1n) is 5.55. The Kier molecular flexibility index (Phi) is 2.94. The minimum Gasteiger partial charge on any atom is -0.340 e. The number of hydrogen-bond acceptors (Lipinski definition) is 3. The summed E-state index contributed by atoms with van der Waals surface area (Å²) >= 11 is 3.32. The maximum absolute atomic E-state index is 4.16. The zero-order valence-electron chi connectivity index (χ0n) is 9.47. The number of nitrogens with zero attached hydrogens (tertiary/aromatic N) is 2. The van der Waals surface area contributed by atoms with Crippen molar-refractivity contribution in [3.8, 4) is 0 Å². The molecule has 1 aromatic heterocycles. The van der Waals surface area contributed by atoms with Crippen LogP contribution in [0.5, 0.6) is 0 Å². The first-order chi connectivity index (χ1) is 8.81. The smallest absolute Gasteiger partial charge is 0.134 e. The van der Waals surface area contributed by atoms with Crippen LogP contribution in [0.2, 0.25) is 0 Å². The molecule has 3 rings (SSSR count). The second kappa shape index (κ2) is 4.74. The number of hydrogen-bond donors (Lipinski definition) is 1. The maximum Gasteiger partial charge on any atom is 0.134 e. The lowest BCUT2D eigenvalue weighted by atomic mass is 10.1. The fraction of sp³-hybridized carbons (Fsp3) is 0. The van der Waals surface area contributed by atoms with Crippen molar-refractivity contribution in [1.82, 2.24) is 9.97 Å². The van der Waals surface area contributed by atoms with Gasteiger partial charge in [0.05, 0.1) is 0 Å². The Morgan fingerprint density at radius 1 is 0.889 bits per heavy atom. The molecule has 0 amide bonds. The number of anilines is 2. The van der Waals surface area contributed by atoms with Crippen molar-refractivity contribution in [3.05, 3.63) is 59.5 Å². The maximum atomic E-state index is 4.16. The van der Waals surface area contributed by atoms with E-state index in [-0.39, 0.29) is 0 Å². The second-order valence-electron chi connectivity index (χ2n) is 3.91. The zero-order valence-corrected chi connectivity index (χ0v) is 11.1. The minimum atomic E-state index is 0.765. The summed E-state index contributed by atoms with van der Waals surface area (Å²) < 4.78 is 0.765. The largest absolute Gasteiger partial charge is 0.340 e. The Balaban J connectivity index is 1.95. The minimum absolute atomic E-state index is 0.765. The highest BCUT2D eigenvalue weighted by Crippen LogP contribution is 2.22. The molecule has 1 N–H and O–H groups in total. The van der Waals surface area contributed by atoms with Crippen LogP contribution in [0.4, 0.5) is 11.5 Å². The predicted octanol–water partition coefficient (Wildman–Crippen LogP) is 4.14. The monoisotopic (exact) mass is 299 g/mol. The van der Waals surface area contributed by atoms with E-state index in [0.717, 1.165) is 16.1 Å². The van der Waals surface area contributed by atoms with Gasteiger partial charge in [-0.15, -0.1) is 0 Å². The van der Waals surface area contributed by atoms with Gasteiger partial charge < -0.3 is 5.32 Å². The van der Waals surface area contributed by atoms with Crippen LogP contribution >= 0.6 is 15.9 Å². The van der Waals surface area contributed by atoms with Gasteiger partial charge in [0.25, 0.3) is 0 Å². The van der Waals surface area contributed by atoms with E-state index < -0.39 is 0 Å². The molecule has 0 aliphatic heterocycles. The first-order valence-corrected chi connectivity index (χ1v) is 6.34. The molecule has 0 spiro atoms. The van der Waals surface area contributed by atoms with E-state index in [2.05, 4.69) is 55.5 Å². The molecular weight excluding hydrogens is 290 g/mol. The fourth-order valence-electron chi connectivity index (χ4n) is 1.82. The van der Waals surface area contributed by atoms with Crippen LogP contribution < -0.4 is 5.32 Å². The molecule has 0 unspecified atom stereocenters. The van der Waals surface area contributed by atoms with Gasteiger partial charge in [-0.3, -0.25) is 0 Å². The fourth-order valence-corrected chi connectivity index (χ4v) is 2.13. The highest BCUT2D eigenvalue weighted by molar-refractivity contribution is 9.10. The number of fused-ring (bicyclic) bond motifs is 1. The van der Waals surface area contributed by atoms with Gasteiger partial charge in [-0.1, -0.05) is 30.3 Å². The first kappa shape index (κ1) is 11.2. The summed E-state index contributed by atoms with van der Waals surface area (Å²) in [6.07, 6.45) is 1.52. The topological polar surface area (TPSA) is 37.8 Å². The van der Waals surface area contributed by atoms with E-state index in [1.807, 2.05) is 24.3 Å². The van der Waals surface area contributed by atoms with Gasteiger partial charge in [0, 0.05) is 11.8 Å². The Bertz CT molecular complexity index is 697. The van der Waals surface area contributed by atoms with E-state index in [1.165, 1.54) is 17.1 Å². The normalized spacial score (nSPS) is 10.5. The summed E-state index contributed by atoms with van der Waals surface area (Å²) in [4.78, 5) is 8.16. The molecule has 4 heteroatoms. The van der Waals surface area contributed by atoms with Crippen LogP contribution in [0.25, 0.3) is 10.8 Å². The molecule has 0 bridgehead atoms. The van der Waals surface area contributed by atoms with Crippen LogP contribution in [-0.2, 0) is 0 Å². The zero-order chi connectivity index (χ0) is 12.4. The second-order valence-corrected chi connectivity index (χ2v) is 4.73. The molecule has 18 heavy (non-hydrogen) atoms. The molecule has 1 heterocycles. The van der Waals surface area contributed by atoms with Gasteiger partial charge in [-0.05, 0) is 38.8 Å². The van der Waals surface area contributed by atoms with E-state index in [1.54, 1.807) is 0 Å². The van der Waals surface area contributed by atoms with Gasteiger partial charge in [0.15, 0.2) is 0 Å². The molecule has 0 aliphatic carbocycles. The van der Waals surface area contributed by atoms with E-state index >= 15 is 0 Å². The molecule has 88 valence electrons. The third-order valence-electron chi connectivity index (χ3n) is 2.66. The van der Waals surface area contributed by atoms with E-state index in [0.29, 0.717) is 0 Å². The molecule has 3 aromatic rings. The molecule has 0 saturated carbocycles. The van der Waals surface area contributed by atoms with Crippen LogP contribution in [0.1, 0.15) is 0 Å². The van der Waals surface area contributed by atoms with Crippen molar-refractivity contribution in [2.24, 2.45) is 0 Å². The van der Waals surface area contributed by atoms with Gasteiger partial charge in [-0.2, -0.15) is 0 Å². The van der Waals surface area contributed by atoms with Crippen molar-refractivity contribution in [1.29, 1.82) is 0 Å². The molecule has 0 fully saturated rings. The van der Waals surface area contributed by atoms with Gasteiger partial charge in [0.2, 0.25) is 0 Å². The standard InChI is InChI=1S/C14H10BrN3/c15-13-8-14(17-9-16-13)18-12-6-5-10-3-1-2-4-11(10)7-12/h1-9H,(H,16,17,18). The molecule has 3 nitrogen and oxygen atoms in total. The Labute approximate surface area is 113 Å². The highest BCUT2D eigenvalue weighted by Gasteiger charge is 1.99. The third kappa shape index (κ3) is 2.33. The SMILES string of the molecule is Brc1cc(Nc2ccc3ccccc3c2)ncn1. The number of aromatic nitrogens is 2. The predicted molar refractivity (Wildman–Crippen MR) is 77.0 cm³/mol. The Morgan fingerprint density at radius 2 is 1.72 bits per heavy atom. The molecule has 0 aliphatic rings. The summed E-state index contributed by atoms with van der Waals surface area (Å²) in [6.45, 7) is 0. The van der Waals surface area contributed by atoms with Crippen LogP contribution in [0, 0.1) is 0 Å². The summed E-state index contributed by atoms with van der Waals surface area (Å²) in [6, 6.07) is 16.3. The number of rotatable bonds is 2. The van der Waals surface area contributed by atoms with Crippen molar-refractivity contribution in [2.75, 3.05) is 5.32 Å². The van der Waals surface area contributed by atoms with Gasteiger partial charge >= 0.3 is 0 Å². The summed E-state index contributed by atoms with van der Waals surface area (Å²) in [5, 5.41) is 5.69. The average molecular weight is 300 g/mol. The van der Waals surface area contributed by atoms with Crippen molar-refractivity contribution >= 4 is 38.2 Å². The Hall–Kier alpha value is -1.94. The summed E-state index contributed by atoms with van der Waals surface area (Å²) in [7, 11) is 0. The van der Waals surface area contributed by atoms with Crippen LogP contribution in [-0.4, -0.2) is 9.97 Å². The quantitative estimate of drug-likeness (QED) is 0.723. The van der Waals surface area contributed by atoms with Gasteiger partial charge in [0.1, 0.15) is 16.7 Å². The number of nitrogens with one attached hydrogen (secondary N) is 1. The van der Waals surface area contributed by atoms with E-state index in [9.17, 15) is 0 Å². The summed E-state index contributed by atoms with van der Waals surface area (Å²) in [5.74, 6) is 0.771. The van der Waals surface area contributed by atoms with Gasteiger partial charge in [-0.25, -0.2) is 9.97 Å². The van der Waals surface area contributed by atoms with Crippen molar-refractivity contribution < 1.29 is 0 Å². The average Bonchev–Trinajstić information content (AvgIpc) is 2.39. The lowest BCUT2D eigenvalue weighted by Crippen LogP contribution is -1.94. The lowest BCUT2D eigenvalue weighted by Gasteiger charge is -2.06. The molecule has 2 aromatic carbocycles. The third-order valence-corrected chi connectivity index (χ3v) is 3.09. The van der Waals surface area contributed by atoms with Crippen molar-refractivity contribution in [2.45, 2.75) is 0 Å². The van der Waals surface area contributed by atoms with Crippen LogP contribution in [0.3, 0.4) is 0 Å².